The van der Waals surface area contributed by atoms with Gasteiger partial charge in [-0.3, -0.25) is 0 Å². The predicted octanol–water partition coefficient (Wildman–Crippen LogP) is 3.95. The first-order valence-electron chi connectivity index (χ1n) is 5.85. The van der Waals surface area contributed by atoms with Gasteiger partial charge in [-0.05, 0) is 57.9 Å². The lowest BCUT2D eigenvalue weighted by molar-refractivity contribution is 0.0600. The normalized spacial score (nSPS) is 10.2. The van der Waals surface area contributed by atoms with Crippen LogP contribution in [0.5, 0.6) is 5.75 Å². The van der Waals surface area contributed by atoms with E-state index in [0.717, 1.165) is 5.56 Å². The fraction of sp³-hybridized carbons (Fsp3) is 0.133. The number of methoxy groups -OCH3 is 1. The third-order valence-electron chi connectivity index (χ3n) is 2.66. The van der Waals surface area contributed by atoms with E-state index in [0.29, 0.717) is 15.8 Å². The molecule has 2 rings (SSSR count). The molecule has 20 heavy (non-hydrogen) atoms. The lowest BCUT2D eigenvalue weighted by Gasteiger charge is -2.07. The van der Waals surface area contributed by atoms with Gasteiger partial charge in [-0.1, -0.05) is 6.07 Å². The third kappa shape index (κ3) is 3.57. The first-order valence-corrected chi connectivity index (χ1v) is 6.64. The van der Waals surface area contributed by atoms with E-state index >= 15 is 0 Å². The van der Waals surface area contributed by atoms with Gasteiger partial charge in [-0.2, -0.15) is 0 Å². The van der Waals surface area contributed by atoms with E-state index in [4.69, 9.17) is 4.74 Å². The molecule has 0 aliphatic heterocycles. The highest BCUT2D eigenvalue weighted by molar-refractivity contribution is 9.10. The first-order chi connectivity index (χ1) is 9.60. The Bertz CT molecular complexity index is 611. The average Bonchev–Trinajstić information content (AvgIpc) is 2.48. The zero-order chi connectivity index (χ0) is 14.5. The summed E-state index contributed by atoms with van der Waals surface area (Å²) in [5.41, 5.74) is 1.18. The Balaban J connectivity index is 2.00. The van der Waals surface area contributed by atoms with E-state index in [1.165, 1.54) is 13.2 Å². The van der Waals surface area contributed by atoms with Gasteiger partial charge in [0, 0.05) is 0 Å². The average molecular weight is 339 g/mol. The number of hydrogen-bond acceptors (Lipinski definition) is 3. The summed E-state index contributed by atoms with van der Waals surface area (Å²) in [6, 6.07) is 11.4. The van der Waals surface area contributed by atoms with Crippen LogP contribution in [0.3, 0.4) is 0 Å². The molecule has 0 aliphatic carbocycles. The van der Waals surface area contributed by atoms with Gasteiger partial charge in [0.15, 0.2) is 0 Å². The number of hydrogen-bond donors (Lipinski definition) is 0. The standard InChI is InChI=1S/C15H12BrFO3/c1-19-15(18)11-3-5-12(6-4-11)20-9-10-2-7-13(16)14(17)8-10/h2-8H,9H2,1H3. The van der Waals surface area contributed by atoms with E-state index in [1.54, 1.807) is 36.4 Å². The maximum Gasteiger partial charge on any atom is 0.337 e. The van der Waals surface area contributed by atoms with E-state index in [1.807, 2.05) is 0 Å². The fourth-order valence-corrected chi connectivity index (χ4v) is 1.85. The summed E-state index contributed by atoms with van der Waals surface area (Å²) >= 11 is 3.09. The van der Waals surface area contributed by atoms with E-state index in [9.17, 15) is 9.18 Å². The van der Waals surface area contributed by atoms with Crippen LogP contribution in [0.1, 0.15) is 15.9 Å². The van der Waals surface area contributed by atoms with Gasteiger partial charge in [0.1, 0.15) is 18.2 Å². The Kier molecular flexibility index (Phi) is 4.74. The summed E-state index contributed by atoms with van der Waals surface area (Å²) in [4.78, 5) is 11.3. The van der Waals surface area contributed by atoms with Gasteiger partial charge in [-0.25, -0.2) is 9.18 Å². The highest BCUT2D eigenvalue weighted by Gasteiger charge is 2.05. The van der Waals surface area contributed by atoms with Crippen LogP contribution in [0.15, 0.2) is 46.9 Å². The van der Waals surface area contributed by atoms with Crippen molar-refractivity contribution in [1.82, 2.24) is 0 Å². The zero-order valence-electron chi connectivity index (χ0n) is 10.7. The molecule has 104 valence electrons. The fourth-order valence-electron chi connectivity index (χ4n) is 1.60. The molecule has 0 saturated carbocycles. The highest BCUT2D eigenvalue weighted by Crippen LogP contribution is 2.19. The van der Waals surface area contributed by atoms with Crippen LogP contribution in [0.2, 0.25) is 0 Å². The van der Waals surface area contributed by atoms with Crippen molar-refractivity contribution in [3.8, 4) is 5.75 Å². The minimum Gasteiger partial charge on any atom is -0.489 e. The van der Waals surface area contributed by atoms with Crippen LogP contribution in [0, 0.1) is 5.82 Å². The van der Waals surface area contributed by atoms with E-state index in [-0.39, 0.29) is 12.4 Å². The Morgan fingerprint density at radius 3 is 2.50 bits per heavy atom. The summed E-state index contributed by atoms with van der Waals surface area (Å²) < 4.78 is 23.9. The second kappa shape index (κ2) is 6.52. The number of halogens is 2. The van der Waals surface area contributed by atoms with Gasteiger partial charge in [0.05, 0.1) is 17.1 Å². The Morgan fingerprint density at radius 1 is 1.20 bits per heavy atom. The topological polar surface area (TPSA) is 35.5 Å². The number of benzene rings is 2. The van der Waals surface area contributed by atoms with Gasteiger partial charge in [-0.15, -0.1) is 0 Å². The van der Waals surface area contributed by atoms with Crippen LogP contribution in [-0.4, -0.2) is 13.1 Å². The molecule has 0 aromatic heterocycles. The molecule has 0 bridgehead atoms. The summed E-state index contributed by atoms with van der Waals surface area (Å²) in [6.07, 6.45) is 0. The minimum atomic E-state index is -0.397. The lowest BCUT2D eigenvalue weighted by atomic mass is 10.2. The molecular formula is C15H12BrFO3. The SMILES string of the molecule is COC(=O)c1ccc(OCc2ccc(Br)c(F)c2)cc1. The molecule has 0 N–H and O–H groups in total. The molecule has 2 aromatic rings. The second-order valence-corrected chi connectivity index (χ2v) is 4.91. The van der Waals surface area contributed by atoms with Crippen molar-refractivity contribution in [2.24, 2.45) is 0 Å². The van der Waals surface area contributed by atoms with Crippen LogP contribution in [0.25, 0.3) is 0 Å². The minimum absolute atomic E-state index is 0.252. The molecule has 0 unspecified atom stereocenters. The summed E-state index contributed by atoms with van der Waals surface area (Å²) in [7, 11) is 1.33. The largest absolute Gasteiger partial charge is 0.489 e. The number of carbonyl (C=O) groups excluding carboxylic acids is 1. The van der Waals surface area contributed by atoms with Crippen molar-refractivity contribution >= 4 is 21.9 Å². The Morgan fingerprint density at radius 2 is 1.90 bits per heavy atom. The van der Waals surface area contributed by atoms with Crippen molar-refractivity contribution in [3.05, 3.63) is 63.9 Å². The molecule has 0 atom stereocenters. The quantitative estimate of drug-likeness (QED) is 0.791. The van der Waals surface area contributed by atoms with Crippen molar-refractivity contribution < 1.29 is 18.7 Å². The first kappa shape index (κ1) is 14.5. The van der Waals surface area contributed by atoms with Crippen LogP contribution >= 0.6 is 15.9 Å². The van der Waals surface area contributed by atoms with Gasteiger partial charge < -0.3 is 9.47 Å². The number of rotatable bonds is 4. The maximum atomic E-state index is 13.3. The van der Waals surface area contributed by atoms with Gasteiger partial charge >= 0.3 is 5.97 Å². The molecule has 0 radical (unpaired) electrons. The molecule has 2 aromatic carbocycles. The van der Waals surface area contributed by atoms with E-state index in [2.05, 4.69) is 20.7 Å². The molecule has 5 heteroatoms. The maximum absolute atomic E-state index is 13.3. The Labute approximate surface area is 124 Å². The Hall–Kier alpha value is -1.88. The van der Waals surface area contributed by atoms with Gasteiger partial charge in [0.25, 0.3) is 0 Å². The van der Waals surface area contributed by atoms with Crippen molar-refractivity contribution in [2.45, 2.75) is 6.61 Å². The van der Waals surface area contributed by atoms with Crippen LogP contribution in [-0.2, 0) is 11.3 Å². The molecule has 0 amide bonds. The van der Waals surface area contributed by atoms with Crippen LogP contribution in [0.4, 0.5) is 4.39 Å². The molecule has 0 heterocycles. The molecular weight excluding hydrogens is 327 g/mol. The monoisotopic (exact) mass is 338 g/mol. The van der Waals surface area contributed by atoms with Crippen LogP contribution < -0.4 is 4.74 Å². The second-order valence-electron chi connectivity index (χ2n) is 4.05. The third-order valence-corrected chi connectivity index (χ3v) is 3.31. The molecule has 0 aliphatic rings. The highest BCUT2D eigenvalue weighted by atomic mass is 79.9. The predicted molar refractivity (Wildman–Crippen MR) is 76.2 cm³/mol. The van der Waals surface area contributed by atoms with Crippen molar-refractivity contribution in [3.63, 3.8) is 0 Å². The molecule has 0 fully saturated rings. The van der Waals surface area contributed by atoms with Crippen molar-refractivity contribution in [1.29, 1.82) is 0 Å². The van der Waals surface area contributed by atoms with Gasteiger partial charge in [0.2, 0.25) is 0 Å². The summed E-state index contributed by atoms with van der Waals surface area (Å²) in [5.74, 6) is -0.125. The smallest absolute Gasteiger partial charge is 0.337 e. The molecule has 0 saturated heterocycles. The number of ether oxygens (including phenoxy) is 2. The zero-order valence-corrected chi connectivity index (χ0v) is 12.3. The number of carbonyl (C=O) groups is 1. The summed E-state index contributed by atoms with van der Waals surface area (Å²) in [6.45, 7) is 0.252. The van der Waals surface area contributed by atoms with E-state index < -0.39 is 5.97 Å². The lowest BCUT2D eigenvalue weighted by Crippen LogP contribution is -2.01. The molecule has 3 nitrogen and oxygen atoms in total. The molecule has 0 spiro atoms. The van der Waals surface area contributed by atoms with Crippen molar-refractivity contribution in [2.75, 3.05) is 7.11 Å². The summed E-state index contributed by atoms with van der Waals surface area (Å²) in [5, 5.41) is 0. The number of esters is 1.